The number of unbranched alkanes of at least 4 members (excludes halogenated alkanes) is 8. The number of aromatic hydroxyl groups is 2. The molecule has 0 saturated carbocycles. The average molecular weight is 1970 g/mol. The number of ether oxygens (including phenoxy) is 2. The Labute approximate surface area is 817 Å². The van der Waals surface area contributed by atoms with Gasteiger partial charge in [0.2, 0.25) is 23.6 Å². The summed E-state index contributed by atoms with van der Waals surface area (Å²) in [7, 11) is 1.80. The monoisotopic (exact) mass is 1960 g/mol. The van der Waals surface area contributed by atoms with Crippen LogP contribution < -0.4 is 5.32 Å². The van der Waals surface area contributed by atoms with Gasteiger partial charge in [-0.1, -0.05) is 153 Å². The summed E-state index contributed by atoms with van der Waals surface area (Å²) in [5, 5.41) is 109. The van der Waals surface area contributed by atoms with E-state index in [1.165, 1.54) is 13.3 Å². The highest BCUT2D eigenvalue weighted by Crippen LogP contribution is 2.26. The van der Waals surface area contributed by atoms with Crippen LogP contribution in [0.2, 0.25) is 0 Å². The average Bonchev–Trinajstić information content (AvgIpc) is 0.848. The van der Waals surface area contributed by atoms with Gasteiger partial charge in [0.25, 0.3) is 6.47 Å². The Morgan fingerprint density at radius 2 is 0.957 bits per heavy atom. The van der Waals surface area contributed by atoms with Crippen LogP contribution in [0.5, 0.6) is 11.5 Å². The van der Waals surface area contributed by atoms with Gasteiger partial charge in [0.15, 0.2) is 0 Å². The summed E-state index contributed by atoms with van der Waals surface area (Å²) in [6.07, 6.45) is 14.9. The number of carboxylic acid groups (broad SMARTS) is 6. The Morgan fingerprint density at radius 1 is 0.529 bits per heavy atom. The highest BCUT2D eigenvalue weighted by molar-refractivity contribution is 5.85. The Kier molecular flexibility index (Phi) is 74.5. The second-order valence-electron chi connectivity index (χ2n) is 36.5. The van der Waals surface area contributed by atoms with Gasteiger partial charge in [0.1, 0.15) is 29.8 Å². The van der Waals surface area contributed by atoms with E-state index in [1.54, 1.807) is 43.7 Å². The molecule has 2 heterocycles. The fourth-order valence-electron chi connectivity index (χ4n) is 14.7. The topological polar surface area (TPSA) is 548 Å². The number of carbonyl (C=O) groups is 13. The van der Waals surface area contributed by atoms with Crippen molar-refractivity contribution in [3.8, 4) is 11.5 Å². The van der Waals surface area contributed by atoms with Crippen molar-refractivity contribution in [2.75, 3.05) is 184 Å². The number of aryl methyl sites for hydroxylation is 2. The lowest BCUT2D eigenvalue weighted by molar-refractivity contribution is -0.192. The largest absolute Gasteiger partial charge is 0.508 e. The third-order valence-electron chi connectivity index (χ3n) is 22.0. The molecule has 41 heteroatoms. The first-order valence-corrected chi connectivity index (χ1v) is 47.3. The van der Waals surface area contributed by atoms with Crippen molar-refractivity contribution >= 4 is 83.8 Å². The molecule has 12 N–H and O–H groups in total. The van der Waals surface area contributed by atoms with Gasteiger partial charge in [-0.3, -0.25) is 117 Å². The van der Waals surface area contributed by atoms with Gasteiger partial charge in [-0.25, -0.2) is 15.2 Å². The van der Waals surface area contributed by atoms with Crippen LogP contribution in [-0.4, -0.2) is 390 Å². The Balaban J connectivity index is -0.00000176. The quantitative estimate of drug-likeness (QED) is 0.00734. The van der Waals surface area contributed by atoms with Crippen LogP contribution in [0.25, 0.3) is 0 Å². The summed E-state index contributed by atoms with van der Waals surface area (Å²) in [6, 6.07) is 10.9. The van der Waals surface area contributed by atoms with Gasteiger partial charge >= 0.3 is 47.9 Å². The molecule has 2 fully saturated rings. The molecular formula is C97H169N13O28. The summed E-state index contributed by atoms with van der Waals surface area (Å²) >= 11 is 0. The van der Waals surface area contributed by atoms with Crippen molar-refractivity contribution in [1.29, 1.82) is 0 Å². The van der Waals surface area contributed by atoms with E-state index in [9.17, 15) is 109 Å². The second-order valence-corrected chi connectivity index (χ2v) is 36.5. The van der Waals surface area contributed by atoms with Crippen molar-refractivity contribution in [3.63, 3.8) is 0 Å². The molecule has 4 rings (SSSR count). The number of ketones is 1. The molecule has 0 bridgehead atoms. The maximum atomic E-state index is 12.0. The lowest BCUT2D eigenvalue weighted by Crippen LogP contribution is -2.51. The molecule has 41 nitrogen and oxygen atoms in total. The van der Waals surface area contributed by atoms with Crippen LogP contribution in [0.4, 0.5) is 0 Å². The van der Waals surface area contributed by atoms with Gasteiger partial charge in [0.05, 0.1) is 45.7 Å². The van der Waals surface area contributed by atoms with E-state index in [2.05, 4.69) is 77.1 Å². The highest BCUT2D eigenvalue weighted by Gasteiger charge is 2.31. The predicted octanol–water partition coefficient (Wildman–Crippen LogP) is 8.92. The minimum Gasteiger partial charge on any atom is -0.508 e. The molecule has 0 aromatic heterocycles. The number of hydroxylamine groups is 6. The number of carbonyl (C=O) groups excluding carboxylic acids is 9. The van der Waals surface area contributed by atoms with E-state index in [0.717, 1.165) is 101 Å². The predicted molar refractivity (Wildman–Crippen MR) is 518 cm³/mol. The molecule has 0 spiro atoms. The Morgan fingerprint density at radius 3 is 1.41 bits per heavy atom. The maximum Gasteiger partial charge on any atom is 0.373 e. The molecule has 4 amide bonds. The molecule has 138 heavy (non-hydrogen) atoms. The van der Waals surface area contributed by atoms with E-state index in [4.69, 9.17) is 29.3 Å². The van der Waals surface area contributed by atoms with Gasteiger partial charge < -0.3 is 60.5 Å². The number of hydrogen-bond donors (Lipinski definition) is 12. The van der Waals surface area contributed by atoms with Crippen LogP contribution in [0.15, 0.2) is 48.7 Å². The summed E-state index contributed by atoms with van der Waals surface area (Å²) in [5.41, 5.74) is 3.75. The minimum absolute atomic E-state index is 0. The van der Waals surface area contributed by atoms with Crippen molar-refractivity contribution in [1.82, 2.24) is 64.6 Å². The molecule has 2 aromatic rings. The first-order valence-electron chi connectivity index (χ1n) is 47.3. The molecule has 790 valence electrons. The number of aliphatic carboxylic acids is 6. The van der Waals surface area contributed by atoms with Crippen molar-refractivity contribution in [2.24, 2.45) is 17.3 Å². The number of Topliss-reactive ketones (excluding diaryl/α,β-unsaturated/α-hetero) is 1. The molecule has 2 aliphatic heterocycles. The zero-order valence-corrected chi connectivity index (χ0v) is 82.5. The number of nitrogens with zero attached hydrogens (tertiary/aromatic N) is 12. The Hall–Kier alpha value is -10.0. The molecular weight excluding hydrogens is 1800 g/mol. The summed E-state index contributed by atoms with van der Waals surface area (Å²) < 4.78 is 10.0. The van der Waals surface area contributed by atoms with Gasteiger partial charge in [-0.15, -0.1) is 0 Å². The molecule has 2 aromatic carbocycles. The SMILES string of the molecule is C.C.C=C1CC(N2CCN(CC(=O)O)CCN(CC(=O)O)CCN(CC(=O)O)CC2)CC(=O)O1.CC(=O)N(O)CCCCCCC(=O)CCC(=O)N(O)CCCCCNC(=O)CCC(=O)N(O)CCCCCCC(C)C.CCCc1ccc(O)c(CN(CCN(CC(=O)O)Cc2cc(CCC(C)C)ccc2O)COC=O)c1.CCN(CCN(CCN(C)CC(=O)O)CC(C)(C)C)CC(=O)O.O=C=O. The maximum absolute atomic E-state index is 12.0. The fourth-order valence-corrected chi connectivity index (χ4v) is 14.7. The van der Waals surface area contributed by atoms with Gasteiger partial charge in [-0.2, -0.15) is 9.59 Å². The molecule has 0 aliphatic carbocycles. The number of likely N-dealkylation sites (N-methyl/N-ethyl adjacent to an activating group) is 2. The first kappa shape index (κ1) is 132. The normalized spacial score (nSPS) is 13.9. The fraction of sp³-hybridized carbons (Fsp3) is 0.711. The van der Waals surface area contributed by atoms with Crippen molar-refractivity contribution < 1.29 is 138 Å². The minimum atomic E-state index is -0.998. The number of rotatable bonds is 62. The lowest BCUT2D eigenvalue weighted by Gasteiger charge is -2.37. The number of esters is 1. The zero-order valence-electron chi connectivity index (χ0n) is 82.5. The molecule has 2 saturated heterocycles. The number of amides is 4. The molecule has 0 radical (unpaired) electrons. The molecule has 1 atom stereocenters. The molecule has 1 unspecified atom stereocenters. The number of phenols is 2. The second kappa shape index (κ2) is 77.8. The third kappa shape index (κ3) is 70.6. The van der Waals surface area contributed by atoms with Crippen LogP contribution in [0.3, 0.4) is 0 Å². The van der Waals surface area contributed by atoms with E-state index in [-0.39, 0.29) is 166 Å². The summed E-state index contributed by atoms with van der Waals surface area (Å²) in [4.78, 5) is 182. The van der Waals surface area contributed by atoms with Crippen molar-refractivity contribution in [2.45, 2.75) is 251 Å². The first-order chi connectivity index (χ1) is 64.2. The van der Waals surface area contributed by atoms with Gasteiger partial charge in [0, 0.05) is 200 Å². The van der Waals surface area contributed by atoms with Crippen LogP contribution in [0, 0.1) is 17.3 Å². The third-order valence-corrected chi connectivity index (χ3v) is 22.0. The smallest absolute Gasteiger partial charge is 0.373 e. The zero-order chi connectivity index (χ0) is 103. The molecule has 2 aliphatic rings. The number of cyclic esters (lactones) is 1. The van der Waals surface area contributed by atoms with Crippen LogP contribution in [0.1, 0.15) is 241 Å². The number of carboxylic acids is 6. The Bertz CT molecular complexity index is 3840. The summed E-state index contributed by atoms with van der Waals surface area (Å²) in [5.74, 6) is -5.66. The van der Waals surface area contributed by atoms with Gasteiger partial charge in [-0.05, 0) is 112 Å². The van der Waals surface area contributed by atoms with E-state index in [0.29, 0.717) is 188 Å². The van der Waals surface area contributed by atoms with Crippen LogP contribution >= 0.6 is 0 Å². The van der Waals surface area contributed by atoms with E-state index >= 15 is 0 Å². The number of hydrogen-bond acceptors (Lipinski definition) is 31. The number of benzene rings is 2. The van der Waals surface area contributed by atoms with E-state index in [1.807, 2.05) is 41.0 Å². The lowest BCUT2D eigenvalue weighted by atomic mass is 9.96. The summed E-state index contributed by atoms with van der Waals surface area (Å²) in [6.45, 7) is 34.1. The highest BCUT2D eigenvalue weighted by atomic mass is 16.5. The number of nitrogens with one attached hydrogen (secondary N) is 1. The number of phenolic OH excluding ortho intramolecular Hbond substituents is 2. The standard InChI is InChI=1S/C30H56N4O8.C28H40N2O6.C20H32N4O8.C16H33N3O4.CO2.2CH4/c1-25(2)15-9-4-6-13-23-34(42)30(39)20-18-28(37)31-21-11-8-14-24-33(41)29(38)19-17-27(36)16-10-5-7-12-22-32(40)26(3)35;1-4-5-22-8-10-27(33)25(14-22)17-30(19-36-20-31)13-12-29(18-28(34)35)16-24-15-23(7-6-21(2)3)9-11-26(24)32;1-15-10-16(11-20(31)32-15)24-8-6-22(13-18(27)28)4-2-21(12-17(25)26)3-5-23(7-9-24)14-19(29)30;1-6-18(12-15(22)23)9-10-19(13-16(2,3)4)8-7-17(5)11-14(20)21;2-1-3;;/h25,40-42H,4-24H2,1-3H3,(H,31,37);8-11,14-15,20-21,32-33H,4-7,12-13,16-19H2,1-3H3,(H,34,35);16H,1-14H2,(H,25,26)(H,27,28)(H,29,30);6-13H2,1-5H3,(H,20,21)(H,22,23);;2*1H4. The van der Waals surface area contributed by atoms with E-state index < -0.39 is 53.5 Å². The van der Waals surface area contributed by atoms with Crippen molar-refractivity contribution in [3.05, 3.63) is 71.0 Å². The van der Waals surface area contributed by atoms with Crippen LogP contribution in [-0.2, 0) is 107 Å².